The van der Waals surface area contributed by atoms with Crippen molar-refractivity contribution in [3.63, 3.8) is 0 Å². The van der Waals surface area contributed by atoms with Gasteiger partial charge in [0.1, 0.15) is 0 Å². The van der Waals surface area contributed by atoms with E-state index in [-0.39, 0.29) is 6.03 Å². The summed E-state index contributed by atoms with van der Waals surface area (Å²) in [5, 5.41) is 10.5. The van der Waals surface area contributed by atoms with Crippen LogP contribution in [0.4, 0.5) is 4.79 Å². The van der Waals surface area contributed by atoms with E-state index in [4.69, 9.17) is 0 Å². The lowest BCUT2D eigenvalue weighted by Gasteiger charge is -2.23. The highest BCUT2D eigenvalue weighted by Gasteiger charge is 2.16. The molecule has 118 valence electrons. The van der Waals surface area contributed by atoms with Gasteiger partial charge in [-0.05, 0) is 44.4 Å². The second kappa shape index (κ2) is 7.73. The van der Waals surface area contributed by atoms with Crippen LogP contribution in [0.5, 0.6) is 0 Å². The van der Waals surface area contributed by atoms with Crippen molar-refractivity contribution in [1.82, 2.24) is 20.4 Å². The van der Waals surface area contributed by atoms with Gasteiger partial charge in [0, 0.05) is 30.6 Å². The Morgan fingerprint density at radius 2 is 2.38 bits per heavy atom. The molecule has 0 aliphatic carbocycles. The number of thioether (sulfide) groups is 1. The van der Waals surface area contributed by atoms with E-state index >= 15 is 0 Å². The van der Waals surface area contributed by atoms with Crippen LogP contribution in [-0.4, -0.2) is 39.9 Å². The Kier molecular flexibility index (Phi) is 5.96. The first kappa shape index (κ1) is 16.2. The van der Waals surface area contributed by atoms with Crippen molar-refractivity contribution in [3.8, 4) is 0 Å². The molecule has 0 bridgehead atoms. The molecule has 1 aromatic heterocycles. The van der Waals surface area contributed by atoms with Crippen molar-refractivity contribution < 1.29 is 4.79 Å². The molecule has 5 nitrogen and oxygen atoms in total. The van der Waals surface area contributed by atoms with E-state index < -0.39 is 0 Å². The van der Waals surface area contributed by atoms with Gasteiger partial charge in [0.25, 0.3) is 0 Å². The highest BCUT2D eigenvalue weighted by molar-refractivity contribution is 7.99. The van der Waals surface area contributed by atoms with Crippen LogP contribution in [-0.2, 0) is 6.54 Å². The molecule has 1 saturated heterocycles. The van der Waals surface area contributed by atoms with Crippen LogP contribution in [0.15, 0.2) is 6.07 Å². The molecule has 0 saturated carbocycles. The molecule has 0 radical (unpaired) electrons. The van der Waals surface area contributed by atoms with Gasteiger partial charge in [-0.1, -0.05) is 6.92 Å². The maximum atomic E-state index is 11.9. The Morgan fingerprint density at radius 1 is 1.57 bits per heavy atom. The maximum Gasteiger partial charge on any atom is 0.315 e. The molecule has 0 unspecified atom stereocenters. The molecule has 2 atom stereocenters. The second-order valence-electron chi connectivity index (χ2n) is 5.98. The number of rotatable bonds is 5. The number of amides is 2. The smallest absolute Gasteiger partial charge is 0.315 e. The first-order chi connectivity index (χ1) is 10.0. The average Bonchev–Trinajstić information content (AvgIpc) is 2.76. The van der Waals surface area contributed by atoms with Gasteiger partial charge in [0.2, 0.25) is 0 Å². The van der Waals surface area contributed by atoms with E-state index in [1.165, 1.54) is 17.9 Å². The average molecular weight is 310 g/mol. The van der Waals surface area contributed by atoms with Crippen LogP contribution >= 0.6 is 11.8 Å². The number of carbonyl (C=O) groups is 1. The fourth-order valence-electron chi connectivity index (χ4n) is 2.58. The zero-order valence-corrected chi connectivity index (χ0v) is 14.0. The molecule has 1 aliphatic heterocycles. The van der Waals surface area contributed by atoms with Crippen LogP contribution < -0.4 is 10.6 Å². The summed E-state index contributed by atoms with van der Waals surface area (Å²) in [6.07, 6.45) is 2.30. The molecule has 2 heterocycles. The van der Waals surface area contributed by atoms with Gasteiger partial charge >= 0.3 is 6.03 Å². The fourth-order valence-corrected chi connectivity index (χ4v) is 3.65. The summed E-state index contributed by atoms with van der Waals surface area (Å²) in [7, 11) is 0. The van der Waals surface area contributed by atoms with Crippen LogP contribution in [0.25, 0.3) is 0 Å². The summed E-state index contributed by atoms with van der Waals surface area (Å²) in [5.41, 5.74) is 2.21. The quantitative estimate of drug-likeness (QED) is 0.877. The Balaban J connectivity index is 1.69. The minimum atomic E-state index is -0.0392. The van der Waals surface area contributed by atoms with Gasteiger partial charge < -0.3 is 10.6 Å². The number of nitrogens with zero attached hydrogens (tertiary/aromatic N) is 2. The minimum Gasteiger partial charge on any atom is -0.338 e. The molecule has 6 heteroatoms. The van der Waals surface area contributed by atoms with E-state index in [1.54, 1.807) is 0 Å². The lowest BCUT2D eigenvalue weighted by Crippen LogP contribution is -2.45. The number of aromatic nitrogens is 2. The fraction of sp³-hybridized carbons (Fsp3) is 0.733. The van der Waals surface area contributed by atoms with Gasteiger partial charge in [-0.25, -0.2) is 4.79 Å². The highest BCUT2D eigenvalue weighted by Crippen LogP contribution is 2.16. The van der Waals surface area contributed by atoms with E-state index in [0.29, 0.717) is 18.5 Å². The summed E-state index contributed by atoms with van der Waals surface area (Å²) in [4.78, 5) is 11.9. The topological polar surface area (TPSA) is 59.0 Å². The van der Waals surface area contributed by atoms with E-state index in [0.717, 1.165) is 24.4 Å². The Labute approximate surface area is 131 Å². The van der Waals surface area contributed by atoms with Crippen LogP contribution in [0, 0.1) is 19.8 Å². The van der Waals surface area contributed by atoms with E-state index in [9.17, 15) is 4.79 Å². The summed E-state index contributed by atoms with van der Waals surface area (Å²) in [5.74, 6) is 2.61. The van der Waals surface area contributed by atoms with Crippen LogP contribution in [0.3, 0.4) is 0 Å². The molecule has 1 fully saturated rings. The number of carbonyl (C=O) groups excluding carboxylic acids is 1. The van der Waals surface area contributed by atoms with E-state index in [2.05, 4.69) is 35.6 Å². The summed E-state index contributed by atoms with van der Waals surface area (Å²) >= 11 is 1.92. The standard InChI is InChI=1S/C15H26N4OS/c1-11(9-19-13(3)7-12(2)18-19)8-16-15(20)17-14-5-4-6-21-10-14/h7,11,14H,4-6,8-10H2,1-3H3,(H2,16,17,20)/t11-,14+/m1/s1. The van der Waals surface area contributed by atoms with Crippen molar-refractivity contribution in [1.29, 1.82) is 0 Å². The highest BCUT2D eigenvalue weighted by atomic mass is 32.2. The Hall–Kier alpha value is -1.17. The summed E-state index contributed by atoms with van der Waals surface area (Å²) in [6.45, 7) is 7.70. The molecule has 21 heavy (non-hydrogen) atoms. The predicted molar refractivity (Wildman–Crippen MR) is 87.7 cm³/mol. The molecular weight excluding hydrogens is 284 g/mol. The maximum absolute atomic E-state index is 11.9. The van der Waals surface area contributed by atoms with Crippen molar-refractivity contribution in [2.45, 2.75) is 46.2 Å². The molecule has 2 rings (SSSR count). The normalized spacial score (nSPS) is 20.0. The van der Waals surface area contributed by atoms with Gasteiger partial charge in [-0.3, -0.25) is 4.68 Å². The Bertz CT molecular complexity index is 468. The Morgan fingerprint density at radius 3 is 3.00 bits per heavy atom. The first-order valence-corrected chi connectivity index (χ1v) is 8.83. The molecule has 2 N–H and O–H groups in total. The van der Waals surface area contributed by atoms with Crippen molar-refractivity contribution >= 4 is 17.8 Å². The number of hydrogen-bond donors (Lipinski definition) is 2. The van der Waals surface area contributed by atoms with Gasteiger partial charge in [-0.2, -0.15) is 16.9 Å². The number of nitrogens with one attached hydrogen (secondary N) is 2. The third-order valence-corrected chi connectivity index (χ3v) is 4.91. The SMILES string of the molecule is Cc1cc(C)n(C[C@H](C)CNC(=O)N[C@H]2CCCSC2)n1. The second-order valence-corrected chi connectivity index (χ2v) is 7.13. The number of urea groups is 1. The molecule has 1 aromatic rings. The zero-order valence-electron chi connectivity index (χ0n) is 13.2. The zero-order chi connectivity index (χ0) is 15.2. The summed E-state index contributed by atoms with van der Waals surface area (Å²) in [6, 6.07) is 2.37. The lowest BCUT2D eigenvalue weighted by atomic mass is 10.2. The summed E-state index contributed by atoms with van der Waals surface area (Å²) < 4.78 is 2.01. The molecular formula is C15H26N4OS. The van der Waals surface area contributed by atoms with Gasteiger partial charge in [0.15, 0.2) is 0 Å². The molecule has 2 amide bonds. The number of aryl methyl sites for hydroxylation is 2. The van der Waals surface area contributed by atoms with Gasteiger partial charge in [0.05, 0.1) is 5.69 Å². The van der Waals surface area contributed by atoms with Crippen LogP contribution in [0.2, 0.25) is 0 Å². The third kappa shape index (κ3) is 5.26. The van der Waals surface area contributed by atoms with E-state index in [1.807, 2.05) is 23.4 Å². The monoisotopic (exact) mass is 310 g/mol. The largest absolute Gasteiger partial charge is 0.338 e. The van der Waals surface area contributed by atoms with Crippen molar-refractivity contribution in [2.24, 2.45) is 5.92 Å². The van der Waals surface area contributed by atoms with Gasteiger partial charge in [-0.15, -0.1) is 0 Å². The molecule has 0 spiro atoms. The van der Waals surface area contributed by atoms with Crippen molar-refractivity contribution in [3.05, 3.63) is 17.5 Å². The molecule has 1 aliphatic rings. The number of hydrogen-bond acceptors (Lipinski definition) is 3. The predicted octanol–water partition coefficient (Wildman–Crippen LogP) is 2.33. The third-order valence-electron chi connectivity index (χ3n) is 3.69. The molecule has 0 aromatic carbocycles. The lowest BCUT2D eigenvalue weighted by molar-refractivity contribution is 0.234. The minimum absolute atomic E-state index is 0.0392. The van der Waals surface area contributed by atoms with Crippen LogP contribution in [0.1, 0.15) is 31.2 Å². The van der Waals surface area contributed by atoms with Crippen molar-refractivity contribution in [2.75, 3.05) is 18.1 Å². The first-order valence-electron chi connectivity index (χ1n) is 7.67.